The highest BCUT2D eigenvalue weighted by molar-refractivity contribution is 5.96. The summed E-state index contributed by atoms with van der Waals surface area (Å²) in [6, 6.07) is 0.826. The van der Waals surface area contributed by atoms with E-state index in [9.17, 15) is 4.79 Å². The van der Waals surface area contributed by atoms with E-state index in [1.54, 1.807) is 17.9 Å². The predicted molar refractivity (Wildman–Crippen MR) is 72.7 cm³/mol. The lowest BCUT2D eigenvalue weighted by molar-refractivity contribution is 0.0942. The first-order valence-electron chi connectivity index (χ1n) is 6.95. The van der Waals surface area contributed by atoms with Gasteiger partial charge in [-0.1, -0.05) is 0 Å². The highest BCUT2D eigenvalue weighted by Crippen LogP contribution is 2.31. The molecule has 0 bridgehead atoms. The monoisotopic (exact) mass is 263 g/mol. The Balaban J connectivity index is 1.49. The average molecular weight is 263 g/mol. The van der Waals surface area contributed by atoms with Crippen molar-refractivity contribution in [2.75, 3.05) is 25.4 Å². The van der Waals surface area contributed by atoms with Crippen LogP contribution in [0.1, 0.15) is 29.8 Å². The normalized spacial score (nSPS) is 23.7. The summed E-state index contributed by atoms with van der Waals surface area (Å²) in [6.45, 7) is 3.01. The van der Waals surface area contributed by atoms with Gasteiger partial charge in [0.2, 0.25) is 0 Å². The Morgan fingerprint density at radius 1 is 1.53 bits per heavy atom. The van der Waals surface area contributed by atoms with E-state index in [0.717, 1.165) is 19.1 Å². The fourth-order valence-corrected chi connectivity index (χ4v) is 2.80. The third-order valence-corrected chi connectivity index (χ3v) is 4.00. The number of carbonyl (C=O) groups is 1. The molecule has 1 aromatic heterocycles. The van der Waals surface area contributed by atoms with Crippen molar-refractivity contribution in [2.24, 2.45) is 13.0 Å². The van der Waals surface area contributed by atoms with Gasteiger partial charge >= 0.3 is 0 Å². The number of amides is 1. The number of carbonyl (C=O) groups excluding carboxylic acids is 1. The number of anilines is 1. The first-order valence-corrected chi connectivity index (χ1v) is 6.95. The molecule has 2 heterocycles. The molecule has 6 heteroatoms. The number of nitrogens with one attached hydrogen (secondary N) is 1. The SMILES string of the molecule is Cn1cc(N)c(C(=O)NCC2CCN(C3CC3)C2)n1. The molecule has 104 valence electrons. The number of nitrogen functional groups attached to an aromatic ring is 1. The molecule has 2 fully saturated rings. The Labute approximate surface area is 112 Å². The second-order valence-corrected chi connectivity index (χ2v) is 5.70. The average Bonchev–Trinajstić information content (AvgIpc) is 3.02. The van der Waals surface area contributed by atoms with Crippen molar-refractivity contribution in [2.45, 2.75) is 25.3 Å². The van der Waals surface area contributed by atoms with Crippen molar-refractivity contribution in [3.63, 3.8) is 0 Å². The van der Waals surface area contributed by atoms with Crippen LogP contribution in [0.2, 0.25) is 0 Å². The van der Waals surface area contributed by atoms with Gasteiger partial charge in [-0.05, 0) is 31.7 Å². The van der Waals surface area contributed by atoms with E-state index in [1.165, 1.54) is 25.8 Å². The fraction of sp³-hybridized carbons (Fsp3) is 0.692. The number of hydrogen-bond acceptors (Lipinski definition) is 4. The van der Waals surface area contributed by atoms with Gasteiger partial charge in [0.1, 0.15) is 0 Å². The molecule has 1 amide bonds. The Morgan fingerprint density at radius 3 is 2.95 bits per heavy atom. The van der Waals surface area contributed by atoms with Crippen LogP contribution in [-0.2, 0) is 7.05 Å². The van der Waals surface area contributed by atoms with E-state index >= 15 is 0 Å². The maximum atomic E-state index is 12.0. The number of hydrogen-bond donors (Lipinski definition) is 2. The lowest BCUT2D eigenvalue weighted by Gasteiger charge is -2.14. The Morgan fingerprint density at radius 2 is 2.32 bits per heavy atom. The third-order valence-electron chi connectivity index (χ3n) is 4.00. The van der Waals surface area contributed by atoms with E-state index in [0.29, 0.717) is 17.3 Å². The van der Waals surface area contributed by atoms with E-state index in [-0.39, 0.29) is 5.91 Å². The molecule has 2 aliphatic rings. The molecule has 1 saturated carbocycles. The molecule has 1 aliphatic heterocycles. The summed E-state index contributed by atoms with van der Waals surface area (Å²) in [5, 5.41) is 7.03. The molecule has 1 aromatic rings. The van der Waals surface area contributed by atoms with Gasteiger partial charge in [0.15, 0.2) is 5.69 Å². The summed E-state index contributed by atoms with van der Waals surface area (Å²) in [5.41, 5.74) is 6.51. The maximum Gasteiger partial charge on any atom is 0.273 e. The minimum Gasteiger partial charge on any atom is -0.396 e. The number of nitrogens with zero attached hydrogens (tertiary/aromatic N) is 3. The molecule has 0 radical (unpaired) electrons. The smallest absolute Gasteiger partial charge is 0.273 e. The highest BCUT2D eigenvalue weighted by Gasteiger charge is 2.34. The maximum absolute atomic E-state index is 12.0. The Kier molecular flexibility index (Phi) is 3.18. The van der Waals surface area contributed by atoms with Crippen molar-refractivity contribution in [1.82, 2.24) is 20.0 Å². The van der Waals surface area contributed by atoms with Crippen LogP contribution in [0.5, 0.6) is 0 Å². The van der Waals surface area contributed by atoms with Crippen molar-refractivity contribution in [3.05, 3.63) is 11.9 Å². The standard InChI is InChI=1S/C13H21N5O/c1-17-8-11(14)12(16-17)13(19)15-6-9-4-5-18(7-9)10-2-3-10/h8-10H,2-7,14H2,1H3,(H,15,19). The molecule has 3 N–H and O–H groups in total. The minimum absolute atomic E-state index is 0.164. The number of aromatic nitrogens is 2. The summed E-state index contributed by atoms with van der Waals surface area (Å²) in [7, 11) is 1.76. The molecule has 6 nitrogen and oxygen atoms in total. The van der Waals surface area contributed by atoms with Crippen LogP contribution in [-0.4, -0.2) is 46.3 Å². The molecule has 19 heavy (non-hydrogen) atoms. The summed E-state index contributed by atoms with van der Waals surface area (Å²) >= 11 is 0. The first-order chi connectivity index (χ1) is 9.13. The van der Waals surface area contributed by atoms with Gasteiger partial charge < -0.3 is 16.0 Å². The number of nitrogens with two attached hydrogens (primary N) is 1. The largest absolute Gasteiger partial charge is 0.396 e. The molecular weight excluding hydrogens is 242 g/mol. The molecule has 1 saturated heterocycles. The zero-order valence-electron chi connectivity index (χ0n) is 11.3. The second kappa shape index (κ2) is 4.85. The molecule has 0 aromatic carbocycles. The summed E-state index contributed by atoms with van der Waals surface area (Å²) in [6.07, 6.45) is 5.53. The molecular formula is C13H21N5O. The van der Waals surface area contributed by atoms with Crippen molar-refractivity contribution >= 4 is 11.6 Å². The van der Waals surface area contributed by atoms with Crippen molar-refractivity contribution in [1.29, 1.82) is 0 Å². The first kappa shape index (κ1) is 12.5. The molecule has 1 atom stereocenters. The zero-order valence-corrected chi connectivity index (χ0v) is 11.3. The molecule has 3 rings (SSSR count). The van der Waals surface area contributed by atoms with Gasteiger partial charge in [-0.25, -0.2) is 0 Å². The number of aryl methyl sites for hydroxylation is 1. The van der Waals surface area contributed by atoms with E-state index in [4.69, 9.17) is 5.73 Å². The lowest BCUT2D eigenvalue weighted by atomic mass is 10.1. The number of likely N-dealkylation sites (tertiary alicyclic amines) is 1. The van der Waals surface area contributed by atoms with Crippen LogP contribution in [0.15, 0.2) is 6.20 Å². The van der Waals surface area contributed by atoms with E-state index < -0.39 is 0 Å². The van der Waals surface area contributed by atoms with Gasteiger partial charge in [-0.15, -0.1) is 0 Å². The van der Waals surface area contributed by atoms with Crippen LogP contribution in [0.25, 0.3) is 0 Å². The summed E-state index contributed by atoms with van der Waals surface area (Å²) in [4.78, 5) is 14.5. The Bertz CT molecular complexity index is 479. The molecule has 1 aliphatic carbocycles. The molecule has 0 spiro atoms. The van der Waals surface area contributed by atoms with Gasteiger partial charge in [0, 0.05) is 32.4 Å². The van der Waals surface area contributed by atoms with Gasteiger partial charge in [0.25, 0.3) is 5.91 Å². The van der Waals surface area contributed by atoms with Crippen molar-refractivity contribution in [3.8, 4) is 0 Å². The minimum atomic E-state index is -0.164. The van der Waals surface area contributed by atoms with Crippen LogP contribution in [0.4, 0.5) is 5.69 Å². The second-order valence-electron chi connectivity index (χ2n) is 5.70. The summed E-state index contributed by atoms with van der Waals surface area (Å²) < 4.78 is 1.56. The predicted octanol–water partition coefficient (Wildman–Crippen LogP) is 0.216. The lowest BCUT2D eigenvalue weighted by Crippen LogP contribution is -2.32. The van der Waals surface area contributed by atoms with Gasteiger partial charge in [-0.2, -0.15) is 5.10 Å². The van der Waals surface area contributed by atoms with E-state index in [1.807, 2.05) is 0 Å². The quantitative estimate of drug-likeness (QED) is 0.814. The fourth-order valence-electron chi connectivity index (χ4n) is 2.80. The van der Waals surface area contributed by atoms with E-state index in [2.05, 4.69) is 15.3 Å². The molecule has 1 unspecified atom stereocenters. The van der Waals surface area contributed by atoms with Crippen LogP contribution >= 0.6 is 0 Å². The van der Waals surface area contributed by atoms with Gasteiger partial charge in [-0.3, -0.25) is 9.48 Å². The Hall–Kier alpha value is -1.56. The topological polar surface area (TPSA) is 76.2 Å². The summed E-state index contributed by atoms with van der Waals surface area (Å²) in [5.74, 6) is 0.400. The van der Waals surface area contributed by atoms with Crippen LogP contribution < -0.4 is 11.1 Å². The third kappa shape index (κ3) is 2.73. The van der Waals surface area contributed by atoms with Crippen LogP contribution in [0, 0.1) is 5.92 Å². The number of rotatable bonds is 4. The van der Waals surface area contributed by atoms with Crippen LogP contribution in [0.3, 0.4) is 0 Å². The zero-order chi connectivity index (χ0) is 13.4. The highest BCUT2D eigenvalue weighted by atomic mass is 16.2. The van der Waals surface area contributed by atoms with Crippen molar-refractivity contribution < 1.29 is 4.79 Å². The van der Waals surface area contributed by atoms with Gasteiger partial charge in [0.05, 0.1) is 5.69 Å².